The van der Waals surface area contributed by atoms with E-state index in [1.54, 1.807) is 6.20 Å². The van der Waals surface area contributed by atoms with E-state index in [0.29, 0.717) is 6.54 Å². The van der Waals surface area contributed by atoms with E-state index in [-0.39, 0.29) is 5.78 Å². The molecule has 0 aliphatic carbocycles. The summed E-state index contributed by atoms with van der Waals surface area (Å²) in [6.07, 6.45) is -46.1. The van der Waals surface area contributed by atoms with Gasteiger partial charge in [0.25, 0.3) is 0 Å². The molecule has 0 radical (unpaired) electrons. The standard InChI is InChI=1S/C32H12BF24.C16H19N2O/c34-25(35,36)13-1-14(26(37,38)39)6-21(5-13)33(22-7-15(27(40,41)42)2-16(8-22)28(43,44)45,23-9-17(29(46,47)48)3-18(10-23)30(49,50)51)24-11-19(31(52,53)54)4-20(12-24)32(55,56)57;1-2-3-9-15-12-17-10-11-18(15)13-16(19)14-7-5-4-6-8-14/h1-12H;4-8,10-12H,2-3,9,13H2,1H3/q-1;+1. The van der Waals surface area contributed by atoms with Crippen molar-refractivity contribution < 1.29 is 115 Å². The molecule has 0 bridgehead atoms. The van der Waals surface area contributed by atoms with E-state index in [4.69, 9.17) is 0 Å². The van der Waals surface area contributed by atoms with Gasteiger partial charge in [-0.05, 0) is 30.7 Å². The fourth-order valence-corrected chi connectivity index (χ4v) is 8.08. The first kappa shape index (κ1) is 60.1. The molecule has 76 heavy (non-hydrogen) atoms. The maximum absolute atomic E-state index is 14.2. The molecular formula is C48H31BF24N2O. The van der Waals surface area contributed by atoms with Gasteiger partial charge in [0.1, 0.15) is 6.15 Å². The van der Waals surface area contributed by atoms with Crippen molar-refractivity contribution in [2.75, 3.05) is 0 Å². The van der Waals surface area contributed by atoms with Crippen LogP contribution < -0.4 is 26.4 Å². The van der Waals surface area contributed by atoms with E-state index in [0.717, 1.165) is 30.5 Å². The van der Waals surface area contributed by atoms with Gasteiger partial charge in [-0.25, -0.2) is 0 Å². The molecule has 0 amide bonds. The molecule has 0 aliphatic rings. The first-order chi connectivity index (χ1) is 34.6. The van der Waals surface area contributed by atoms with Crippen molar-refractivity contribution in [2.45, 2.75) is 82.1 Å². The summed E-state index contributed by atoms with van der Waals surface area (Å²) in [7, 11) is 0. The second-order valence-corrected chi connectivity index (χ2v) is 16.8. The van der Waals surface area contributed by atoms with Crippen molar-refractivity contribution in [3.63, 3.8) is 0 Å². The largest absolute Gasteiger partial charge is 0.416 e. The highest BCUT2D eigenvalue weighted by molar-refractivity contribution is 7.20. The Morgan fingerprint density at radius 3 is 0.961 bits per heavy atom. The Morgan fingerprint density at radius 1 is 0.434 bits per heavy atom. The minimum absolute atomic E-state index is 0.134. The molecule has 0 fully saturated rings. The first-order valence-corrected chi connectivity index (χ1v) is 21.3. The third kappa shape index (κ3) is 14.2. The lowest BCUT2D eigenvalue weighted by Gasteiger charge is -2.46. The number of rotatable bonds is 10. The van der Waals surface area contributed by atoms with Gasteiger partial charge in [-0.3, -0.25) is 9.78 Å². The molecule has 1 heterocycles. The number of aromatic nitrogens is 2. The molecule has 3 nitrogen and oxygen atoms in total. The number of halogens is 24. The van der Waals surface area contributed by atoms with Gasteiger partial charge in [0.2, 0.25) is 12.3 Å². The van der Waals surface area contributed by atoms with Gasteiger partial charge in [0, 0.05) is 12.0 Å². The van der Waals surface area contributed by atoms with Crippen molar-refractivity contribution >= 4 is 33.8 Å². The Kier molecular flexibility index (Phi) is 16.9. The van der Waals surface area contributed by atoms with Gasteiger partial charge in [0.05, 0.1) is 56.9 Å². The second-order valence-electron chi connectivity index (χ2n) is 16.8. The fourth-order valence-electron chi connectivity index (χ4n) is 8.08. The average Bonchev–Trinajstić information content (AvgIpc) is 3.29. The zero-order valence-electron chi connectivity index (χ0n) is 37.8. The molecule has 5 aromatic carbocycles. The van der Waals surface area contributed by atoms with Crippen LogP contribution >= 0.6 is 0 Å². The Hall–Kier alpha value is -6.77. The van der Waals surface area contributed by atoms with Crippen LogP contribution in [0.4, 0.5) is 105 Å². The van der Waals surface area contributed by atoms with Gasteiger partial charge in [-0.2, -0.15) is 132 Å². The lowest BCUT2D eigenvalue weighted by atomic mass is 9.12. The highest BCUT2D eigenvalue weighted by Gasteiger charge is 2.47. The van der Waals surface area contributed by atoms with Crippen LogP contribution in [0.2, 0.25) is 0 Å². The summed E-state index contributed by atoms with van der Waals surface area (Å²) in [4.78, 5) is 16.3. The monoisotopic (exact) mass is 1120 g/mol. The molecule has 0 unspecified atom stereocenters. The van der Waals surface area contributed by atoms with E-state index in [2.05, 4.69) is 11.9 Å². The van der Waals surface area contributed by atoms with Crippen molar-refractivity contribution in [3.05, 3.63) is 177 Å². The van der Waals surface area contributed by atoms with E-state index >= 15 is 0 Å². The number of hydrogen-bond donors (Lipinski definition) is 0. The number of carbonyl (C=O) groups excluding carboxylic acids is 1. The Morgan fingerprint density at radius 2 is 0.711 bits per heavy atom. The summed E-state index contributed by atoms with van der Waals surface area (Å²) < 4.78 is 343. The number of aryl methyl sites for hydroxylation is 1. The van der Waals surface area contributed by atoms with Crippen LogP contribution in [0.15, 0.2) is 122 Å². The molecular weight excluding hydrogens is 1090 g/mol. The van der Waals surface area contributed by atoms with Crippen LogP contribution in [0.3, 0.4) is 0 Å². The summed E-state index contributed by atoms with van der Waals surface area (Å²) >= 11 is 0. The third-order valence-corrected chi connectivity index (χ3v) is 11.6. The highest BCUT2D eigenvalue weighted by atomic mass is 19.4. The molecule has 0 aliphatic heterocycles. The lowest BCUT2D eigenvalue weighted by molar-refractivity contribution is -0.691. The Bertz CT molecular complexity index is 2580. The SMILES string of the molecule is CCCCc1cncc[n+]1CC(=O)c1ccccc1.FC(F)(F)c1cc([B-](c2cc(C(F)(F)F)cc(C(F)(F)F)c2)(c2cc(C(F)(F)F)cc(C(F)(F)F)c2)c2cc(C(F)(F)F)cc(C(F)(F)F)c2)cc(C(F)(F)F)c1. The molecule has 0 saturated heterocycles. The topological polar surface area (TPSA) is 33.8 Å². The van der Waals surface area contributed by atoms with E-state index in [1.165, 1.54) is 0 Å². The number of hydrogen-bond acceptors (Lipinski definition) is 2. The number of alkyl halides is 24. The lowest BCUT2D eigenvalue weighted by Crippen LogP contribution is -2.75. The van der Waals surface area contributed by atoms with Crippen molar-refractivity contribution in [2.24, 2.45) is 0 Å². The van der Waals surface area contributed by atoms with E-state index in [1.807, 2.05) is 47.3 Å². The summed E-state index contributed by atoms with van der Waals surface area (Å²) in [5, 5.41) is 0. The number of ketones is 1. The van der Waals surface area contributed by atoms with Gasteiger partial charge < -0.3 is 0 Å². The van der Waals surface area contributed by atoms with Crippen molar-refractivity contribution in [3.8, 4) is 0 Å². The molecule has 6 rings (SSSR count). The summed E-state index contributed by atoms with van der Waals surface area (Å²) in [6, 6.07) is 0.606. The molecule has 0 N–H and O–H groups in total. The van der Waals surface area contributed by atoms with Crippen molar-refractivity contribution in [1.29, 1.82) is 0 Å². The Balaban J connectivity index is 0.000000468. The van der Waals surface area contributed by atoms with Gasteiger partial charge in [-0.1, -0.05) is 92.2 Å². The van der Waals surface area contributed by atoms with Crippen LogP contribution in [-0.2, 0) is 62.4 Å². The second kappa shape index (κ2) is 21.3. The molecule has 28 heteroatoms. The zero-order valence-corrected chi connectivity index (χ0v) is 37.8. The van der Waals surface area contributed by atoms with E-state index in [9.17, 15) is 110 Å². The number of Topliss-reactive ketones (excluding diaryl/α,β-unsaturated/α-hetero) is 1. The van der Waals surface area contributed by atoms with Crippen LogP contribution in [0.5, 0.6) is 0 Å². The molecule has 0 spiro atoms. The maximum Gasteiger partial charge on any atom is 0.416 e. The van der Waals surface area contributed by atoms with Crippen LogP contribution in [0, 0.1) is 0 Å². The minimum Gasteiger partial charge on any atom is -0.287 e. The molecule has 410 valence electrons. The van der Waals surface area contributed by atoms with Gasteiger partial charge in [0.15, 0.2) is 11.9 Å². The maximum atomic E-state index is 14.2. The molecule has 6 aromatic rings. The predicted molar refractivity (Wildman–Crippen MR) is 224 cm³/mol. The molecule has 1 aromatic heterocycles. The van der Waals surface area contributed by atoms with Crippen molar-refractivity contribution in [1.82, 2.24) is 4.98 Å². The van der Waals surface area contributed by atoms with Crippen LogP contribution in [0.25, 0.3) is 0 Å². The Labute approximate surface area is 412 Å². The molecule has 0 saturated carbocycles. The third-order valence-electron chi connectivity index (χ3n) is 11.6. The van der Waals surface area contributed by atoms with Crippen LogP contribution in [0.1, 0.15) is 80.3 Å². The number of carbonyl (C=O) groups is 1. The fraction of sp³-hybridized carbons (Fsp3) is 0.271. The summed E-state index contributed by atoms with van der Waals surface area (Å²) in [6.45, 7) is 2.54. The first-order valence-electron chi connectivity index (χ1n) is 21.3. The average molecular weight is 1120 g/mol. The number of benzene rings is 5. The smallest absolute Gasteiger partial charge is 0.287 e. The quantitative estimate of drug-likeness (QED) is 0.0593. The number of nitrogens with zero attached hydrogens (tertiary/aromatic N) is 2. The van der Waals surface area contributed by atoms with E-state index < -0.39 is 195 Å². The summed E-state index contributed by atoms with van der Waals surface area (Å²) in [5.41, 5.74) is -28.3. The minimum atomic E-state index is -6.13. The zero-order chi connectivity index (χ0) is 57.4. The van der Waals surface area contributed by atoms with Gasteiger partial charge >= 0.3 is 49.4 Å². The normalized spacial score (nSPS) is 13.3. The molecule has 0 atom stereocenters. The van der Waals surface area contributed by atoms with Gasteiger partial charge in [-0.15, -0.1) is 0 Å². The number of unbranched alkanes of at least 4 members (excludes halogenated alkanes) is 1. The highest BCUT2D eigenvalue weighted by Crippen LogP contribution is 2.41. The predicted octanol–water partition coefficient (Wildman–Crippen LogP) is 13.8. The summed E-state index contributed by atoms with van der Waals surface area (Å²) in [5.74, 6) is 0.134. The van der Waals surface area contributed by atoms with Crippen LogP contribution in [-0.4, -0.2) is 16.9 Å².